The first kappa shape index (κ1) is 16.9. The molecule has 1 fully saturated rings. The first-order chi connectivity index (χ1) is 12.7. The molecule has 0 N–H and O–H groups in total. The van der Waals surface area contributed by atoms with Gasteiger partial charge in [0.15, 0.2) is 5.13 Å². The maximum absolute atomic E-state index is 12.6. The third kappa shape index (κ3) is 3.38. The van der Waals surface area contributed by atoms with Crippen molar-refractivity contribution in [2.75, 3.05) is 31.6 Å². The van der Waals surface area contributed by atoms with Crippen molar-refractivity contribution in [3.8, 4) is 21.8 Å². The fraction of sp³-hybridized carbons (Fsp3) is 0.250. The van der Waals surface area contributed by atoms with Gasteiger partial charge in [-0.05, 0) is 24.7 Å². The normalized spacial score (nSPS) is 15.9. The summed E-state index contributed by atoms with van der Waals surface area (Å²) in [6.07, 6.45) is 2.30. The van der Waals surface area contributed by atoms with Gasteiger partial charge in [0.25, 0.3) is 0 Å². The van der Waals surface area contributed by atoms with Crippen LogP contribution in [0.1, 0.15) is 6.42 Å². The lowest BCUT2D eigenvalue weighted by atomic mass is 10.1. The minimum Gasteiger partial charge on any atom is -0.304 e. The van der Waals surface area contributed by atoms with Gasteiger partial charge in [0.2, 0.25) is 5.91 Å². The van der Waals surface area contributed by atoms with Crippen molar-refractivity contribution in [2.24, 2.45) is 0 Å². The van der Waals surface area contributed by atoms with Crippen molar-refractivity contribution in [1.82, 2.24) is 14.9 Å². The quantitative estimate of drug-likeness (QED) is 0.713. The summed E-state index contributed by atoms with van der Waals surface area (Å²) >= 11 is 1.56. The fourth-order valence-corrected chi connectivity index (χ4v) is 4.14. The molecule has 1 aromatic carbocycles. The number of hydrogen-bond donors (Lipinski definition) is 0. The third-order valence-corrected chi connectivity index (χ3v) is 5.63. The lowest BCUT2D eigenvalue weighted by Crippen LogP contribution is -2.32. The van der Waals surface area contributed by atoms with Crippen molar-refractivity contribution in [2.45, 2.75) is 6.42 Å². The second-order valence-corrected chi connectivity index (χ2v) is 7.33. The van der Waals surface area contributed by atoms with Crippen LogP contribution < -0.4 is 4.90 Å². The van der Waals surface area contributed by atoms with Crippen LogP contribution in [0, 0.1) is 0 Å². The number of likely N-dealkylation sites (N-methyl/N-ethyl adjacent to an activating group) is 1. The van der Waals surface area contributed by atoms with Gasteiger partial charge in [-0.15, -0.1) is 0 Å². The SMILES string of the molecule is CN1CCC(=O)N(c2nc(-c3ccccn3)c(-c3ccccc3)s2)CC1. The Morgan fingerprint density at radius 2 is 1.81 bits per heavy atom. The standard InChI is InChI=1S/C20H20N4OS/c1-23-12-10-17(25)24(14-13-23)20-22-18(16-9-5-6-11-21-16)19(26-20)15-7-3-2-4-8-15/h2-9,11H,10,12-14H2,1H3. The van der Waals surface area contributed by atoms with Crippen LogP contribution in [0.2, 0.25) is 0 Å². The molecule has 3 aromatic rings. The number of thiazole rings is 1. The van der Waals surface area contributed by atoms with Gasteiger partial charge in [-0.3, -0.25) is 14.7 Å². The van der Waals surface area contributed by atoms with Gasteiger partial charge in [0.1, 0.15) is 5.69 Å². The van der Waals surface area contributed by atoms with Gasteiger partial charge in [-0.25, -0.2) is 4.98 Å². The number of benzene rings is 1. The number of rotatable bonds is 3. The summed E-state index contributed by atoms with van der Waals surface area (Å²) in [7, 11) is 2.05. The molecule has 0 unspecified atom stereocenters. The molecule has 3 heterocycles. The maximum Gasteiger partial charge on any atom is 0.230 e. The lowest BCUT2D eigenvalue weighted by molar-refractivity contribution is -0.118. The van der Waals surface area contributed by atoms with Crippen LogP contribution >= 0.6 is 11.3 Å². The predicted molar refractivity (Wildman–Crippen MR) is 105 cm³/mol. The smallest absolute Gasteiger partial charge is 0.230 e. The number of anilines is 1. The highest BCUT2D eigenvalue weighted by molar-refractivity contribution is 7.19. The van der Waals surface area contributed by atoms with E-state index in [0.29, 0.717) is 13.0 Å². The molecule has 1 saturated heterocycles. The third-order valence-electron chi connectivity index (χ3n) is 4.50. The maximum atomic E-state index is 12.6. The Bertz CT molecular complexity index is 838. The van der Waals surface area contributed by atoms with E-state index >= 15 is 0 Å². The summed E-state index contributed by atoms with van der Waals surface area (Å²) in [6, 6.07) is 16.0. The Hall–Kier alpha value is -2.57. The number of carbonyl (C=O) groups excluding carboxylic acids is 1. The van der Waals surface area contributed by atoms with Crippen LogP contribution in [-0.4, -0.2) is 47.5 Å². The topological polar surface area (TPSA) is 49.3 Å². The van der Waals surface area contributed by atoms with E-state index in [-0.39, 0.29) is 5.91 Å². The number of pyridine rings is 1. The van der Waals surface area contributed by atoms with Crippen molar-refractivity contribution in [1.29, 1.82) is 0 Å². The highest BCUT2D eigenvalue weighted by atomic mass is 32.1. The molecule has 1 aliphatic heterocycles. The Balaban J connectivity index is 1.80. The second-order valence-electron chi connectivity index (χ2n) is 6.35. The zero-order chi connectivity index (χ0) is 17.9. The second kappa shape index (κ2) is 7.35. The minimum absolute atomic E-state index is 0.135. The molecule has 6 heteroatoms. The number of aromatic nitrogens is 2. The van der Waals surface area contributed by atoms with Crippen LogP contribution in [0.25, 0.3) is 21.8 Å². The van der Waals surface area contributed by atoms with Crippen molar-refractivity contribution in [3.63, 3.8) is 0 Å². The zero-order valence-electron chi connectivity index (χ0n) is 14.6. The summed E-state index contributed by atoms with van der Waals surface area (Å²) in [5, 5.41) is 0.754. The van der Waals surface area contributed by atoms with Crippen molar-refractivity contribution < 1.29 is 4.79 Å². The van der Waals surface area contributed by atoms with Crippen LogP contribution in [0.4, 0.5) is 5.13 Å². The van der Waals surface area contributed by atoms with Crippen LogP contribution in [0.3, 0.4) is 0 Å². The van der Waals surface area contributed by atoms with Crippen LogP contribution in [-0.2, 0) is 4.79 Å². The molecular formula is C20H20N4OS. The zero-order valence-corrected chi connectivity index (χ0v) is 15.4. The molecule has 0 spiro atoms. The van der Waals surface area contributed by atoms with E-state index in [1.165, 1.54) is 0 Å². The first-order valence-corrected chi connectivity index (χ1v) is 9.50. The van der Waals surface area contributed by atoms with E-state index in [0.717, 1.165) is 40.0 Å². The molecule has 2 aromatic heterocycles. The molecule has 0 atom stereocenters. The summed E-state index contributed by atoms with van der Waals surface area (Å²) < 4.78 is 0. The molecule has 0 bridgehead atoms. The molecular weight excluding hydrogens is 344 g/mol. The Morgan fingerprint density at radius 3 is 2.58 bits per heavy atom. The molecule has 0 radical (unpaired) electrons. The molecule has 132 valence electrons. The molecule has 4 rings (SSSR count). The van der Waals surface area contributed by atoms with Gasteiger partial charge < -0.3 is 4.90 Å². The predicted octanol–water partition coefficient (Wildman–Crippen LogP) is 3.54. The fourth-order valence-electron chi connectivity index (χ4n) is 3.02. The molecule has 26 heavy (non-hydrogen) atoms. The molecule has 0 saturated carbocycles. The van der Waals surface area contributed by atoms with E-state index in [2.05, 4.69) is 22.0 Å². The highest BCUT2D eigenvalue weighted by Crippen LogP contribution is 2.39. The monoisotopic (exact) mass is 364 g/mol. The van der Waals surface area contributed by atoms with Gasteiger partial charge in [-0.1, -0.05) is 47.7 Å². The molecule has 1 amide bonds. The number of carbonyl (C=O) groups is 1. The number of nitrogens with zero attached hydrogens (tertiary/aromatic N) is 4. The molecule has 0 aliphatic carbocycles. The van der Waals surface area contributed by atoms with Gasteiger partial charge in [-0.2, -0.15) is 0 Å². The summed E-state index contributed by atoms with van der Waals surface area (Å²) in [5.41, 5.74) is 2.76. The molecule has 1 aliphatic rings. The minimum atomic E-state index is 0.135. The number of amides is 1. The summed E-state index contributed by atoms with van der Waals surface area (Å²) in [5.74, 6) is 0.135. The van der Waals surface area contributed by atoms with Crippen LogP contribution in [0.5, 0.6) is 0 Å². The average Bonchev–Trinajstić information content (AvgIpc) is 3.05. The molecule has 5 nitrogen and oxygen atoms in total. The highest BCUT2D eigenvalue weighted by Gasteiger charge is 2.25. The Morgan fingerprint density at radius 1 is 1.00 bits per heavy atom. The lowest BCUT2D eigenvalue weighted by Gasteiger charge is -2.17. The van der Waals surface area contributed by atoms with Crippen molar-refractivity contribution >= 4 is 22.4 Å². The van der Waals surface area contributed by atoms with E-state index in [9.17, 15) is 4.79 Å². The van der Waals surface area contributed by atoms with Gasteiger partial charge in [0.05, 0.1) is 10.6 Å². The van der Waals surface area contributed by atoms with E-state index < -0.39 is 0 Å². The summed E-state index contributed by atoms with van der Waals surface area (Å²) in [4.78, 5) is 27.0. The Labute approximate surface area is 156 Å². The largest absolute Gasteiger partial charge is 0.304 e. The van der Waals surface area contributed by atoms with E-state index in [1.54, 1.807) is 17.5 Å². The first-order valence-electron chi connectivity index (χ1n) is 8.69. The van der Waals surface area contributed by atoms with Gasteiger partial charge >= 0.3 is 0 Å². The van der Waals surface area contributed by atoms with E-state index in [1.807, 2.05) is 48.3 Å². The van der Waals surface area contributed by atoms with Crippen LogP contribution in [0.15, 0.2) is 54.7 Å². The summed E-state index contributed by atoms with van der Waals surface area (Å²) in [6.45, 7) is 2.31. The average molecular weight is 364 g/mol. The van der Waals surface area contributed by atoms with Gasteiger partial charge in [0, 0.05) is 32.3 Å². The Kier molecular flexibility index (Phi) is 4.77. The van der Waals surface area contributed by atoms with E-state index in [4.69, 9.17) is 4.98 Å². The van der Waals surface area contributed by atoms with Crippen molar-refractivity contribution in [3.05, 3.63) is 54.7 Å². The number of hydrogen-bond acceptors (Lipinski definition) is 5.